The van der Waals surface area contributed by atoms with Crippen molar-refractivity contribution in [3.8, 4) is 5.75 Å². The summed E-state index contributed by atoms with van der Waals surface area (Å²) in [6.07, 6.45) is 0.0128. The Hall–Kier alpha value is -3.64. The standard InChI is InChI=1S/C30H32N2O4/c1-5-31(6-2)16-17-32-26(21-11-9-12-22(18-21)35-19(3)4)25-27(33)24-15-14-20-10-7-8-13-23(20)28(24)36-29(25)30(32)34/h7-15,18-19,26H,5-6,16-17H2,1-4H3. The fraction of sp³-hybridized carbons (Fsp3) is 0.333. The van der Waals surface area contributed by atoms with Gasteiger partial charge in [-0.2, -0.15) is 0 Å². The number of rotatable bonds is 8. The number of hydrogen-bond donors (Lipinski definition) is 0. The Morgan fingerprint density at radius 2 is 1.75 bits per heavy atom. The number of ether oxygens (including phenoxy) is 1. The summed E-state index contributed by atoms with van der Waals surface area (Å²) in [4.78, 5) is 31.8. The first-order valence-electron chi connectivity index (χ1n) is 12.7. The minimum Gasteiger partial charge on any atom is -0.491 e. The summed E-state index contributed by atoms with van der Waals surface area (Å²) in [5, 5.41) is 2.28. The zero-order chi connectivity index (χ0) is 25.4. The van der Waals surface area contributed by atoms with Crippen molar-refractivity contribution in [3.05, 3.63) is 87.8 Å². The fourth-order valence-electron chi connectivity index (χ4n) is 5.14. The van der Waals surface area contributed by atoms with Gasteiger partial charge >= 0.3 is 0 Å². The maximum atomic E-state index is 14.0. The predicted molar refractivity (Wildman–Crippen MR) is 143 cm³/mol. The number of hydrogen-bond acceptors (Lipinski definition) is 5. The molecule has 186 valence electrons. The van der Waals surface area contributed by atoms with E-state index in [1.165, 1.54) is 0 Å². The van der Waals surface area contributed by atoms with E-state index in [4.69, 9.17) is 9.15 Å². The Bertz CT molecular complexity index is 1490. The van der Waals surface area contributed by atoms with Crippen LogP contribution in [-0.2, 0) is 0 Å². The molecule has 0 spiro atoms. The van der Waals surface area contributed by atoms with Crippen LogP contribution in [-0.4, -0.2) is 48.0 Å². The Morgan fingerprint density at radius 3 is 2.50 bits per heavy atom. The molecule has 6 heteroatoms. The lowest BCUT2D eigenvalue weighted by atomic mass is 9.97. The van der Waals surface area contributed by atoms with Gasteiger partial charge in [-0.05, 0) is 56.1 Å². The van der Waals surface area contributed by atoms with Gasteiger partial charge in [0.15, 0.2) is 5.43 Å². The fourth-order valence-corrected chi connectivity index (χ4v) is 5.14. The number of carbonyl (C=O) groups excluding carboxylic acids is 1. The first kappa shape index (κ1) is 24.1. The lowest BCUT2D eigenvalue weighted by Crippen LogP contribution is -2.37. The molecule has 0 aliphatic carbocycles. The van der Waals surface area contributed by atoms with Crippen molar-refractivity contribution < 1.29 is 13.9 Å². The highest BCUT2D eigenvalue weighted by molar-refractivity contribution is 6.06. The zero-order valence-corrected chi connectivity index (χ0v) is 21.3. The third-order valence-corrected chi connectivity index (χ3v) is 6.95. The normalized spacial score (nSPS) is 15.4. The molecule has 1 unspecified atom stereocenters. The average molecular weight is 485 g/mol. The summed E-state index contributed by atoms with van der Waals surface area (Å²) < 4.78 is 12.2. The first-order chi connectivity index (χ1) is 17.4. The second-order valence-electron chi connectivity index (χ2n) is 9.50. The molecule has 5 rings (SSSR count). The maximum absolute atomic E-state index is 14.0. The van der Waals surface area contributed by atoms with Gasteiger partial charge in [0.05, 0.1) is 23.1 Å². The summed E-state index contributed by atoms with van der Waals surface area (Å²) in [6, 6.07) is 18.7. The van der Waals surface area contributed by atoms with Gasteiger partial charge in [-0.15, -0.1) is 0 Å². The Labute approximate surface area is 211 Å². The molecule has 0 radical (unpaired) electrons. The highest BCUT2D eigenvalue weighted by atomic mass is 16.5. The minimum atomic E-state index is -0.536. The quantitative estimate of drug-likeness (QED) is 0.304. The minimum absolute atomic E-state index is 0.0128. The summed E-state index contributed by atoms with van der Waals surface area (Å²) >= 11 is 0. The summed E-state index contributed by atoms with van der Waals surface area (Å²) in [6.45, 7) is 11.1. The van der Waals surface area contributed by atoms with Crippen molar-refractivity contribution in [1.82, 2.24) is 9.80 Å². The van der Waals surface area contributed by atoms with Crippen molar-refractivity contribution in [2.24, 2.45) is 0 Å². The van der Waals surface area contributed by atoms with E-state index in [2.05, 4.69) is 18.7 Å². The Morgan fingerprint density at radius 1 is 0.972 bits per heavy atom. The Balaban J connectivity index is 1.70. The molecule has 2 heterocycles. The highest BCUT2D eigenvalue weighted by Gasteiger charge is 2.42. The van der Waals surface area contributed by atoms with Crippen molar-refractivity contribution >= 4 is 27.6 Å². The monoisotopic (exact) mass is 484 g/mol. The van der Waals surface area contributed by atoms with Gasteiger partial charge in [-0.1, -0.05) is 56.3 Å². The molecule has 1 aliphatic heterocycles. The van der Waals surface area contributed by atoms with Crippen LogP contribution >= 0.6 is 0 Å². The molecule has 0 saturated carbocycles. The molecule has 0 N–H and O–H groups in total. The van der Waals surface area contributed by atoms with Crippen LogP contribution in [0.15, 0.2) is 69.9 Å². The molecule has 4 aromatic rings. The molecule has 3 aromatic carbocycles. The van der Waals surface area contributed by atoms with Gasteiger partial charge < -0.3 is 19.0 Å². The van der Waals surface area contributed by atoms with Gasteiger partial charge in [0, 0.05) is 18.5 Å². The molecule has 0 saturated heterocycles. The van der Waals surface area contributed by atoms with Crippen LogP contribution in [0.1, 0.15) is 55.4 Å². The number of likely N-dealkylation sites (N-methyl/N-ethyl adjacent to an activating group) is 1. The van der Waals surface area contributed by atoms with Gasteiger partial charge in [0.1, 0.15) is 11.3 Å². The smallest absolute Gasteiger partial charge is 0.290 e. The van der Waals surface area contributed by atoms with Gasteiger partial charge in [0.2, 0.25) is 5.76 Å². The predicted octanol–water partition coefficient (Wildman–Crippen LogP) is 5.62. The number of amides is 1. The average Bonchev–Trinajstić information content (AvgIpc) is 3.16. The van der Waals surface area contributed by atoms with E-state index in [0.717, 1.165) is 29.4 Å². The maximum Gasteiger partial charge on any atom is 0.290 e. The first-order valence-corrected chi connectivity index (χ1v) is 12.7. The molecular formula is C30H32N2O4. The van der Waals surface area contributed by atoms with E-state index in [1.807, 2.05) is 74.5 Å². The van der Waals surface area contributed by atoms with Crippen molar-refractivity contribution in [3.63, 3.8) is 0 Å². The molecule has 36 heavy (non-hydrogen) atoms. The molecule has 0 fully saturated rings. The van der Waals surface area contributed by atoms with Crippen molar-refractivity contribution in [2.45, 2.75) is 39.8 Å². The molecule has 1 amide bonds. The van der Waals surface area contributed by atoms with Crippen LogP contribution in [0.25, 0.3) is 21.7 Å². The summed E-state index contributed by atoms with van der Waals surface area (Å²) in [7, 11) is 0. The second kappa shape index (κ2) is 9.78. The van der Waals surface area contributed by atoms with E-state index >= 15 is 0 Å². The van der Waals surface area contributed by atoms with Crippen LogP contribution in [0.5, 0.6) is 5.75 Å². The van der Waals surface area contributed by atoms with Crippen molar-refractivity contribution in [2.75, 3.05) is 26.2 Å². The second-order valence-corrected chi connectivity index (χ2v) is 9.50. The van der Waals surface area contributed by atoms with Crippen LogP contribution in [0.3, 0.4) is 0 Å². The molecule has 0 bridgehead atoms. The summed E-state index contributed by atoms with van der Waals surface area (Å²) in [5.74, 6) is 0.608. The number of fused-ring (bicyclic) bond motifs is 4. The van der Waals surface area contributed by atoms with Crippen LogP contribution < -0.4 is 10.2 Å². The largest absolute Gasteiger partial charge is 0.491 e. The zero-order valence-electron chi connectivity index (χ0n) is 21.3. The third kappa shape index (κ3) is 4.16. The topological polar surface area (TPSA) is 63.0 Å². The van der Waals surface area contributed by atoms with E-state index in [1.54, 1.807) is 4.90 Å². The molecular weight excluding hydrogens is 452 g/mol. The lowest BCUT2D eigenvalue weighted by Gasteiger charge is -2.28. The molecule has 1 aromatic heterocycles. The SMILES string of the molecule is CCN(CC)CCN1C(=O)c2oc3c(ccc4ccccc43)c(=O)c2C1c1cccc(OC(C)C)c1. The number of benzene rings is 3. The van der Waals surface area contributed by atoms with E-state index in [9.17, 15) is 9.59 Å². The van der Waals surface area contributed by atoms with Crippen LogP contribution in [0.4, 0.5) is 0 Å². The number of carbonyl (C=O) groups is 1. The molecule has 1 aliphatic rings. The highest BCUT2D eigenvalue weighted by Crippen LogP contribution is 2.40. The van der Waals surface area contributed by atoms with Gasteiger partial charge in [-0.3, -0.25) is 9.59 Å². The van der Waals surface area contributed by atoms with E-state index in [-0.39, 0.29) is 23.2 Å². The van der Waals surface area contributed by atoms with E-state index < -0.39 is 6.04 Å². The van der Waals surface area contributed by atoms with Crippen LogP contribution in [0, 0.1) is 0 Å². The van der Waals surface area contributed by atoms with Gasteiger partial charge in [-0.25, -0.2) is 0 Å². The van der Waals surface area contributed by atoms with Crippen molar-refractivity contribution in [1.29, 1.82) is 0 Å². The third-order valence-electron chi connectivity index (χ3n) is 6.95. The van der Waals surface area contributed by atoms with Gasteiger partial charge in [0.25, 0.3) is 5.91 Å². The summed E-state index contributed by atoms with van der Waals surface area (Å²) in [5.41, 5.74) is 1.55. The molecule has 1 atom stereocenters. The van der Waals surface area contributed by atoms with Crippen LogP contribution in [0.2, 0.25) is 0 Å². The Kier molecular flexibility index (Phi) is 6.54. The lowest BCUT2D eigenvalue weighted by molar-refractivity contribution is 0.0708. The van der Waals surface area contributed by atoms with E-state index in [0.29, 0.717) is 35.4 Å². The number of nitrogens with zero attached hydrogens (tertiary/aromatic N) is 2. The molecule has 6 nitrogen and oxygen atoms in total.